The molecule has 1 rings (SSSR count). The third-order valence-electron chi connectivity index (χ3n) is 1.95. The molecule has 14 heavy (non-hydrogen) atoms. The first-order chi connectivity index (χ1) is 6.49. The fraction of sp³-hybridized carbons (Fsp3) is 0.500. The smallest absolute Gasteiger partial charge is 0.225 e. The Morgan fingerprint density at radius 1 is 1.36 bits per heavy atom. The predicted molar refractivity (Wildman–Crippen MR) is 66.8 cm³/mol. The lowest BCUT2D eigenvalue weighted by atomic mass is 10.5. The summed E-state index contributed by atoms with van der Waals surface area (Å²) in [5.74, 6) is 0.736. The first kappa shape index (κ1) is 11.5. The molecule has 78 valence electrons. The summed E-state index contributed by atoms with van der Waals surface area (Å²) in [5.41, 5.74) is 0. The van der Waals surface area contributed by atoms with E-state index in [-0.39, 0.29) is 0 Å². The monoisotopic (exact) mass is 227 g/mol. The zero-order valence-electron chi connectivity index (χ0n) is 9.42. The molecule has 1 heterocycles. The topological polar surface area (TPSA) is 21.6 Å². The molecule has 0 fully saturated rings. The van der Waals surface area contributed by atoms with Crippen LogP contribution in [0, 0.1) is 0 Å². The maximum absolute atomic E-state index is 5.19. The number of hydrogen-bond acceptors (Lipinski definition) is 3. The van der Waals surface area contributed by atoms with Crippen LogP contribution in [0.1, 0.15) is 4.88 Å². The van der Waals surface area contributed by atoms with Crippen molar-refractivity contribution in [2.45, 2.75) is 19.6 Å². The van der Waals surface area contributed by atoms with Crippen LogP contribution < -0.4 is 4.50 Å². The average molecular weight is 227 g/mol. The van der Waals surface area contributed by atoms with E-state index in [1.54, 1.807) is 25.5 Å². The van der Waals surface area contributed by atoms with Gasteiger partial charge >= 0.3 is 0 Å². The average Bonchev–Trinajstić information content (AvgIpc) is 2.54. The van der Waals surface area contributed by atoms with Gasteiger partial charge < -0.3 is 4.74 Å². The third-order valence-corrected chi connectivity index (χ3v) is 6.63. The van der Waals surface area contributed by atoms with Gasteiger partial charge in [-0.3, -0.25) is 4.99 Å². The molecule has 0 atom stereocenters. The van der Waals surface area contributed by atoms with E-state index in [0.29, 0.717) is 0 Å². The van der Waals surface area contributed by atoms with E-state index in [1.807, 2.05) is 0 Å². The quantitative estimate of drug-likeness (QED) is 0.432. The number of nitrogens with zero attached hydrogens (tertiary/aromatic N) is 1. The van der Waals surface area contributed by atoms with Crippen LogP contribution in [0.2, 0.25) is 19.6 Å². The summed E-state index contributed by atoms with van der Waals surface area (Å²) in [5, 5.41) is 0. The lowest BCUT2D eigenvalue weighted by Crippen LogP contribution is -2.34. The first-order valence-electron chi connectivity index (χ1n) is 4.60. The molecular weight excluding hydrogens is 210 g/mol. The van der Waals surface area contributed by atoms with Crippen molar-refractivity contribution in [2.24, 2.45) is 4.99 Å². The SMILES string of the molecule is CN=C(OC)c1ccc([Si](C)(C)C)s1. The number of methoxy groups -OCH3 is 1. The van der Waals surface area contributed by atoms with Gasteiger partial charge in [-0.2, -0.15) is 0 Å². The van der Waals surface area contributed by atoms with Gasteiger partial charge in [-0.05, 0) is 10.6 Å². The van der Waals surface area contributed by atoms with Crippen LogP contribution in [0.4, 0.5) is 0 Å². The van der Waals surface area contributed by atoms with E-state index in [0.717, 1.165) is 10.8 Å². The van der Waals surface area contributed by atoms with Crippen LogP contribution in [0.15, 0.2) is 17.1 Å². The van der Waals surface area contributed by atoms with E-state index in [4.69, 9.17) is 4.74 Å². The summed E-state index contributed by atoms with van der Waals surface area (Å²) in [7, 11) is 2.24. The zero-order valence-corrected chi connectivity index (χ0v) is 11.2. The molecule has 0 radical (unpaired) electrons. The Hall–Kier alpha value is -0.613. The Balaban J connectivity index is 2.99. The Morgan fingerprint density at radius 3 is 2.36 bits per heavy atom. The van der Waals surface area contributed by atoms with Crippen molar-refractivity contribution in [1.29, 1.82) is 0 Å². The highest BCUT2D eigenvalue weighted by Gasteiger charge is 2.19. The van der Waals surface area contributed by atoms with Gasteiger partial charge in [0.05, 0.1) is 20.1 Å². The molecular formula is C10H17NOSSi. The van der Waals surface area contributed by atoms with Gasteiger partial charge in [-0.25, -0.2) is 0 Å². The molecule has 0 bridgehead atoms. The third kappa shape index (κ3) is 2.45. The Bertz CT molecular complexity index is 338. The molecule has 1 aromatic heterocycles. The van der Waals surface area contributed by atoms with Gasteiger partial charge in [0.1, 0.15) is 0 Å². The first-order valence-corrected chi connectivity index (χ1v) is 8.92. The van der Waals surface area contributed by atoms with Gasteiger partial charge in [0.25, 0.3) is 0 Å². The molecule has 4 heteroatoms. The van der Waals surface area contributed by atoms with Crippen molar-refractivity contribution in [3.63, 3.8) is 0 Å². The molecule has 0 spiro atoms. The van der Waals surface area contributed by atoms with Crippen LogP contribution in [0.5, 0.6) is 0 Å². The second-order valence-electron chi connectivity index (χ2n) is 4.15. The van der Waals surface area contributed by atoms with Gasteiger partial charge in [0, 0.05) is 7.05 Å². The summed E-state index contributed by atoms with van der Waals surface area (Å²) < 4.78 is 6.68. The molecule has 0 aliphatic rings. The lowest BCUT2D eigenvalue weighted by Gasteiger charge is -2.12. The largest absolute Gasteiger partial charge is 0.480 e. The molecule has 0 aromatic carbocycles. The minimum Gasteiger partial charge on any atom is -0.480 e. The standard InChI is InChI=1S/C10H17NOSSi/c1-11-10(12-2)8-6-7-9(13-8)14(3,4)5/h6-7H,1-5H3. The molecule has 0 saturated carbocycles. The number of rotatable bonds is 2. The van der Waals surface area contributed by atoms with Crippen LogP contribution in [0.25, 0.3) is 0 Å². The van der Waals surface area contributed by atoms with Crippen molar-refractivity contribution in [3.8, 4) is 0 Å². The Labute approximate surface area is 90.7 Å². The van der Waals surface area contributed by atoms with Crippen molar-refractivity contribution >= 4 is 29.8 Å². The van der Waals surface area contributed by atoms with Crippen molar-refractivity contribution in [2.75, 3.05) is 14.2 Å². The second-order valence-corrected chi connectivity index (χ2v) is 10.6. The molecule has 2 nitrogen and oxygen atoms in total. The van der Waals surface area contributed by atoms with Crippen LogP contribution in [-0.4, -0.2) is 28.1 Å². The predicted octanol–water partition coefficient (Wildman–Crippen LogP) is 2.32. The molecule has 0 saturated heterocycles. The number of aliphatic imine (C=N–C) groups is 1. The fourth-order valence-electron chi connectivity index (χ4n) is 1.16. The maximum atomic E-state index is 5.19. The molecule has 0 amide bonds. The van der Waals surface area contributed by atoms with E-state index >= 15 is 0 Å². The summed E-state index contributed by atoms with van der Waals surface area (Å²) in [6.07, 6.45) is 0. The highest BCUT2D eigenvalue weighted by molar-refractivity contribution is 7.27. The Morgan fingerprint density at radius 2 is 2.00 bits per heavy atom. The minimum absolute atomic E-state index is 0.736. The number of ether oxygens (including phenoxy) is 1. The fourth-order valence-corrected chi connectivity index (χ4v) is 4.07. The van der Waals surface area contributed by atoms with Gasteiger partial charge in [0.15, 0.2) is 0 Å². The second kappa shape index (κ2) is 4.27. The van der Waals surface area contributed by atoms with Crippen molar-refractivity contribution in [3.05, 3.63) is 17.0 Å². The van der Waals surface area contributed by atoms with E-state index in [2.05, 4.69) is 36.8 Å². The lowest BCUT2D eigenvalue weighted by molar-refractivity contribution is 0.405. The normalized spacial score (nSPS) is 13.1. The summed E-state index contributed by atoms with van der Waals surface area (Å²) in [6.45, 7) is 7.04. The molecule has 1 aromatic rings. The van der Waals surface area contributed by atoms with Crippen molar-refractivity contribution < 1.29 is 4.74 Å². The molecule has 0 aliphatic heterocycles. The zero-order chi connectivity index (χ0) is 10.8. The highest BCUT2D eigenvalue weighted by Crippen LogP contribution is 2.14. The highest BCUT2D eigenvalue weighted by atomic mass is 32.1. The van der Waals surface area contributed by atoms with Gasteiger partial charge in [0.2, 0.25) is 5.90 Å². The van der Waals surface area contributed by atoms with Crippen LogP contribution >= 0.6 is 11.3 Å². The summed E-state index contributed by atoms with van der Waals surface area (Å²) in [4.78, 5) is 5.22. The van der Waals surface area contributed by atoms with E-state index < -0.39 is 8.07 Å². The van der Waals surface area contributed by atoms with Gasteiger partial charge in [-0.1, -0.05) is 25.7 Å². The molecule has 0 N–H and O–H groups in total. The molecule has 0 unspecified atom stereocenters. The van der Waals surface area contributed by atoms with Crippen LogP contribution in [-0.2, 0) is 4.74 Å². The maximum Gasteiger partial charge on any atom is 0.225 e. The summed E-state index contributed by atoms with van der Waals surface area (Å²) >= 11 is 1.80. The van der Waals surface area contributed by atoms with E-state index in [9.17, 15) is 0 Å². The summed E-state index contributed by atoms with van der Waals surface area (Å²) in [6, 6.07) is 4.31. The molecule has 0 aliphatic carbocycles. The van der Waals surface area contributed by atoms with Gasteiger partial charge in [-0.15, -0.1) is 11.3 Å². The minimum atomic E-state index is -1.18. The van der Waals surface area contributed by atoms with Crippen LogP contribution in [0.3, 0.4) is 0 Å². The Kier molecular flexibility index (Phi) is 3.50. The number of thiophene rings is 1. The number of hydrogen-bond donors (Lipinski definition) is 0. The van der Waals surface area contributed by atoms with E-state index in [1.165, 1.54) is 4.50 Å². The van der Waals surface area contributed by atoms with Crippen molar-refractivity contribution in [1.82, 2.24) is 0 Å².